The number of carbonyl (C=O) groups excluding carboxylic acids is 1. The molecule has 1 atom stereocenters. The van der Waals surface area contributed by atoms with Crippen molar-refractivity contribution in [2.45, 2.75) is 19.4 Å². The smallest absolute Gasteiger partial charge is 0.415 e. The van der Waals surface area contributed by atoms with E-state index < -0.39 is 0 Å². The molecule has 0 aromatic carbocycles. The molecule has 0 saturated carbocycles. The highest BCUT2D eigenvalue weighted by molar-refractivity contribution is 9.10. The highest BCUT2D eigenvalue weighted by atomic mass is 79.9. The molecule has 0 bridgehead atoms. The number of hydrogen-bond acceptors (Lipinski definition) is 4. The number of fused-ring (bicyclic) bond motifs is 1. The van der Waals surface area contributed by atoms with E-state index in [4.69, 9.17) is 4.74 Å². The fraction of sp³-hybridized carbons (Fsp3) is 0.364. The summed E-state index contributed by atoms with van der Waals surface area (Å²) in [5.74, 6) is 0.595. The van der Waals surface area contributed by atoms with Gasteiger partial charge in [0.05, 0.1) is 16.7 Å². The van der Waals surface area contributed by atoms with Crippen molar-refractivity contribution in [3.63, 3.8) is 0 Å². The van der Waals surface area contributed by atoms with E-state index in [1.165, 1.54) is 0 Å². The molecule has 1 aliphatic rings. The Hall–Kier alpha value is -1.63. The Morgan fingerprint density at radius 3 is 3.22 bits per heavy atom. The van der Waals surface area contributed by atoms with Crippen LogP contribution in [0, 0.1) is 0 Å². The van der Waals surface area contributed by atoms with E-state index in [9.17, 15) is 4.79 Å². The van der Waals surface area contributed by atoms with Crippen LogP contribution in [0.5, 0.6) is 0 Å². The monoisotopic (exact) mass is 310 g/mol. The maximum absolute atomic E-state index is 11.7. The largest absolute Gasteiger partial charge is 0.447 e. The van der Waals surface area contributed by atoms with E-state index in [1.807, 2.05) is 6.92 Å². The van der Waals surface area contributed by atoms with Crippen molar-refractivity contribution in [2.24, 2.45) is 0 Å². The molecule has 0 radical (unpaired) electrons. The maximum atomic E-state index is 11.7. The summed E-state index contributed by atoms with van der Waals surface area (Å²) in [7, 11) is 0. The van der Waals surface area contributed by atoms with Gasteiger partial charge in [0, 0.05) is 6.20 Å². The summed E-state index contributed by atoms with van der Waals surface area (Å²) < 4.78 is 7.51. The highest BCUT2D eigenvalue weighted by Crippen LogP contribution is 2.25. The van der Waals surface area contributed by atoms with Gasteiger partial charge >= 0.3 is 6.09 Å². The number of anilines is 1. The minimum Gasteiger partial charge on any atom is -0.447 e. The van der Waals surface area contributed by atoms with Gasteiger partial charge in [0.25, 0.3) is 0 Å². The SMILES string of the molecule is CC[C@H]1COC(=O)N1c1ccn2ncc(Br)c2n1. The fourth-order valence-corrected chi connectivity index (χ4v) is 2.37. The van der Waals surface area contributed by atoms with Gasteiger partial charge in [0.1, 0.15) is 12.4 Å². The lowest BCUT2D eigenvalue weighted by molar-refractivity contribution is 0.178. The lowest BCUT2D eigenvalue weighted by Crippen LogP contribution is -2.33. The summed E-state index contributed by atoms with van der Waals surface area (Å²) >= 11 is 3.38. The molecule has 0 N–H and O–H groups in total. The van der Waals surface area contributed by atoms with Gasteiger partial charge in [-0.1, -0.05) is 6.92 Å². The van der Waals surface area contributed by atoms with Gasteiger partial charge in [-0.15, -0.1) is 0 Å². The van der Waals surface area contributed by atoms with Crippen molar-refractivity contribution >= 4 is 33.5 Å². The number of amides is 1. The van der Waals surface area contributed by atoms with Crippen molar-refractivity contribution in [1.82, 2.24) is 14.6 Å². The Morgan fingerprint density at radius 1 is 1.61 bits per heavy atom. The van der Waals surface area contributed by atoms with Gasteiger partial charge in [-0.3, -0.25) is 4.90 Å². The molecule has 94 valence electrons. The molecular formula is C11H11BrN4O2. The van der Waals surface area contributed by atoms with Gasteiger partial charge in [0.15, 0.2) is 5.65 Å². The normalized spacial score (nSPS) is 19.6. The summed E-state index contributed by atoms with van der Waals surface area (Å²) in [5, 5.41) is 4.12. The molecule has 2 aromatic heterocycles. The summed E-state index contributed by atoms with van der Waals surface area (Å²) in [6.07, 6.45) is 3.94. The molecule has 6 nitrogen and oxygen atoms in total. The van der Waals surface area contributed by atoms with Gasteiger partial charge in [-0.25, -0.2) is 14.3 Å². The van der Waals surface area contributed by atoms with E-state index in [-0.39, 0.29) is 12.1 Å². The molecular weight excluding hydrogens is 300 g/mol. The van der Waals surface area contributed by atoms with Crippen molar-refractivity contribution in [2.75, 3.05) is 11.5 Å². The van der Waals surface area contributed by atoms with Gasteiger partial charge in [0.2, 0.25) is 0 Å². The van der Waals surface area contributed by atoms with Crippen molar-refractivity contribution in [1.29, 1.82) is 0 Å². The molecule has 1 saturated heterocycles. The Bertz CT molecular complexity index is 612. The molecule has 7 heteroatoms. The summed E-state index contributed by atoms with van der Waals surface area (Å²) in [6, 6.07) is 1.82. The predicted octanol–water partition coefficient (Wildman–Crippen LogP) is 2.23. The zero-order valence-corrected chi connectivity index (χ0v) is 11.3. The molecule has 2 aromatic rings. The van der Waals surface area contributed by atoms with Crippen LogP contribution in [0.15, 0.2) is 22.9 Å². The van der Waals surface area contributed by atoms with Crippen LogP contribution in [0.1, 0.15) is 13.3 Å². The fourth-order valence-electron chi connectivity index (χ4n) is 2.01. The topological polar surface area (TPSA) is 59.7 Å². The van der Waals surface area contributed by atoms with E-state index in [1.54, 1.807) is 27.9 Å². The number of nitrogens with zero attached hydrogens (tertiary/aromatic N) is 4. The van der Waals surface area contributed by atoms with Crippen LogP contribution in [0.2, 0.25) is 0 Å². The molecule has 1 aliphatic heterocycles. The predicted molar refractivity (Wildman–Crippen MR) is 68.6 cm³/mol. The molecule has 3 heterocycles. The molecule has 1 fully saturated rings. The molecule has 0 aliphatic carbocycles. The van der Waals surface area contributed by atoms with Gasteiger partial charge in [-0.05, 0) is 28.4 Å². The summed E-state index contributed by atoms with van der Waals surface area (Å²) in [6.45, 7) is 2.44. The number of carbonyl (C=O) groups is 1. The summed E-state index contributed by atoms with van der Waals surface area (Å²) in [5.41, 5.74) is 0.682. The average molecular weight is 311 g/mol. The van der Waals surface area contributed by atoms with Crippen molar-refractivity contribution < 1.29 is 9.53 Å². The molecule has 1 amide bonds. The van der Waals surface area contributed by atoms with Crippen LogP contribution in [-0.4, -0.2) is 33.3 Å². The van der Waals surface area contributed by atoms with Crippen molar-refractivity contribution in [3.8, 4) is 0 Å². The molecule has 0 unspecified atom stereocenters. The highest BCUT2D eigenvalue weighted by Gasteiger charge is 2.34. The molecule has 18 heavy (non-hydrogen) atoms. The second-order valence-electron chi connectivity index (χ2n) is 4.06. The zero-order chi connectivity index (χ0) is 12.7. The third-order valence-electron chi connectivity index (χ3n) is 2.99. The third-order valence-corrected chi connectivity index (χ3v) is 3.55. The van der Waals surface area contributed by atoms with Crippen LogP contribution >= 0.6 is 15.9 Å². The third kappa shape index (κ3) is 1.66. The van der Waals surface area contributed by atoms with Crippen LogP contribution in [-0.2, 0) is 4.74 Å². The first-order chi connectivity index (χ1) is 8.70. The number of halogens is 1. The van der Waals surface area contributed by atoms with E-state index in [2.05, 4.69) is 26.0 Å². The van der Waals surface area contributed by atoms with Crippen LogP contribution in [0.4, 0.5) is 10.6 Å². The zero-order valence-electron chi connectivity index (χ0n) is 9.71. The first kappa shape index (κ1) is 11.5. The van der Waals surface area contributed by atoms with Crippen molar-refractivity contribution in [3.05, 3.63) is 22.9 Å². The first-order valence-electron chi connectivity index (χ1n) is 5.66. The lowest BCUT2D eigenvalue weighted by Gasteiger charge is -2.18. The van der Waals surface area contributed by atoms with Crippen LogP contribution < -0.4 is 4.90 Å². The number of cyclic esters (lactones) is 1. The Morgan fingerprint density at radius 2 is 2.44 bits per heavy atom. The minimum atomic E-state index is -0.339. The number of aromatic nitrogens is 3. The number of hydrogen-bond donors (Lipinski definition) is 0. The first-order valence-corrected chi connectivity index (χ1v) is 6.46. The number of ether oxygens (including phenoxy) is 1. The minimum absolute atomic E-state index is 0.0501. The Balaban J connectivity index is 2.07. The maximum Gasteiger partial charge on any atom is 0.415 e. The van der Waals surface area contributed by atoms with Gasteiger partial charge in [-0.2, -0.15) is 5.10 Å². The standard InChI is InChI=1S/C11H11BrN4O2/c1-2-7-6-18-11(17)16(7)9-3-4-15-10(14-9)8(12)5-13-15/h3-5,7H,2,6H2,1H3/t7-/m0/s1. The second-order valence-corrected chi connectivity index (χ2v) is 4.91. The van der Waals surface area contributed by atoms with E-state index in [0.717, 1.165) is 10.9 Å². The average Bonchev–Trinajstić information content (AvgIpc) is 2.93. The summed E-state index contributed by atoms with van der Waals surface area (Å²) in [4.78, 5) is 17.8. The number of rotatable bonds is 2. The Labute approximate surface area is 112 Å². The van der Waals surface area contributed by atoms with Gasteiger partial charge < -0.3 is 4.74 Å². The second kappa shape index (κ2) is 4.24. The Kier molecular flexibility index (Phi) is 2.70. The van der Waals surface area contributed by atoms with Crippen LogP contribution in [0.3, 0.4) is 0 Å². The molecule has 3 rings (SSSR count). The quantitative estimate of drug-likeness (QED) is 0.853. The van der Waals surface area contributed by atoms with Crippen LogP contribution in [0.25, 0.3) is 5.65 Å². The lowest BCUT2D eigenvalue weighted by atomic mass is 10.2. The molecule has 0 spiro atoms. The van der Waals surface area contributed by atoms with E-state index >= 15 is 0 Å². The van der Waals surface area contributed by atoms with E-state index in [0.29, 0.717) is 18.1 Å².